The van der Waals surface area contributed by atoms with Gasteiger partial charge < -0.3 is 9.84 Å². The lowest BCUT2D eigenvalue weighted by Crippen LogP contribution is -2.25. The maximum absolute atomic E-state index is 13.1. The molecule has 1 heterocycles. The summed E-state index contributed by atoms with van der Waals surface area (Å²) < 4.78 is 6.55. The Bertz CT molecular complexity index is 1080. The minimum absolute atomic E-state index is 0.00485. The van der Waals surface area contributed by atoms with Gasteiger partial charge >= 0.3 is 0 Å². The Kier molecular flexibility index (Phi) is 5.10. The summed E-state index contributed by atoms with van der Waals surface area (Å²) in [5, 5.41) is 15.3. The number of aromatic nitrogens is 2. The van der Waals surface area contributed by atoms with Crippen molar-refractivity contribution in [2.24, 2.45) is 5.10 Å². The number of ether oxygens (including phenoxy) is 1. The maximum Gasteiger partial charge on any atom is 0.282 e. The Morgan fingerprint density at radius 2 is 1.93 bits per heavy atom. The van der Waals surface area contributed by atoms with E-state index in [4.69, 9.17) is 9.72 Å². The van der Waals surface area contributed by atoms with Gasteiger partial charge in [-0.15, -0.1) is 0 Å². The Labute approximate surface area is 163 Å². The molecule has 144 valence electrons. The molecular weight excluding hydrogens is 354 g/mol. The molecule has 1 aliphatic rings. The van der Waals surface area contributed by atoms with Crippen LogP contribution in [-0.2, 0) is 0 Å². The summed E-state index contributed by atoms with van der Waals surface area (Å²) in [6, 6.07) is 12.5. The first-order valence-electron chi connectivity index (χ1n) is 9.61. The van der Waals surface area contributed by atoms with E-state index >= 15 is 0 Å². The molecule has 1 aliphatic carbocycles. The molecule has 1 saturated carbocycles. The fourth-order valence-electron chi connectivity index (χ4n) is 3.81. The van der Waals surface area contributed by atoms with Gasteiger partial charge in [0.1, 0.15) is 5.82 Å². The molecule has 0 spiro atoms. The molecule has 6 nitrogen and oxygen atoms in total. The molecule has 0 bridgehead atoms. The number of fused-ring (bicyclic) bond motifs is 1. The topological polar surface area (TPSA) is 76.7 Å². The standard InChI is InChI=1S/C22H23N3O3/c1-28-19-13-7-10-16(20(19)26)14-23-25-21(15-8-3-2-4-9-15)24-18-12-6-5-11-17(18)22(25)27/h5-7,10-15,26H,2-4,8-9H2,1H3. The molecule has 4 rings (SSSR count). The van der Waals surface area contributed by atoms with Crippen molar-refractivity contribution in [3.05, 3.63) is 64.2 Å². The molecule has 2 aromatic carbocycles. The summed E-state index contributed by atoms with van der Waals surface area (Å²) >= 11 is 0. The number of benzene rings is 2. The van der Waals surface area contributed by atoms with Crippen LogP contribution in [0.4, 0.5) is 0 Å². The number of hydrogen-bond acceptors (Lipinski definition) is 5. The SMILES string of the molecule is COc1cccc(C=Nn2c(C3CCCCC3)nc3ccccc3c2=O)c1O. The van der Waals surface area contributed by atoms with Crippen molar-refractivity contribution >= 4 is 17.1 Å². The van der Waals surface area contributed by atoms with Gasteiger partial charge in [-0.05, 0) is 37.1 Å². The van der Waals surface area contributed by atoms with Crippen LogP contribution in [0.1, 0.15) is 49.4 Å². The molecule has 1 fully saturated rings. The summed E-state index contributed by atoms with van der Waals surface area (Å²) in [4.78, 5) is 17.9. The second-order valence-corrected chi connectivity index (χ2v) is 7.08. The Morgan fingerprint density at radius 1 is 1.14 bits per heavy atom. The van der Waals surface area contributed by atoms with Crippen LogP contribution in [0.15, 0.2) is 52.4 Å². The van der Waals surface area contributed by atoms with Crippen molar-refractivity contribution in [3.63, 3.8) is 0 Å². The van der Waals surface area contributed by atoms with Crippen LogP contribution in [0.5, 0.6) is 11.5 Å². The van der Waals surface area contributed by atoms with Gasteiger partial charge in [0.05, 0.1) is 24.2 Å². The summed E-state index contributed by atoms with van der Waals surface area (Å²) in [5.41, 5.74) is 0.988. The third-order valence-corrected chi connectivity index (χ3v) is 5.31. The highest BCUT2D eigenvalue weighted by Crippen LogP contribution is 2.32. The van der Waals surface area contributed by atoms with Gasteiger partial charge in [0.15, 0.2) is 11.5 Å². The number of methoxy groups -OCH3 is 1. The third kappa shape index (κ3) is 3.38. The molecule has 1 N–H and O–H groups in total. The average Bonchev–Trinajstić information content (AvgIpc) is 2.74. The van der Waals surface area contributed by atoms with Crippen LogP contribution in [-0.4, -0.2) is 28.1 Å². The van der Waals surface area contributed by atoms with Crippen molar-refractivity contribution < 1.29 is 9.84 Å². The van der Waals surface area contributed by atoms with Crippen LogP contribution in [0, 0.1) is 0 Å². The first kappa shape index (κ1) is 18.2. The second kappa shape index (κ2) is 7.84. The van der Waals surface area contributed by atoms with Gasteiger partial charge in [0.25, 0.3) is 5.56 Å². The second-order valence-electron chi connectivity index (χ2n) is 7.08. The van der Waals surface area contributed by atoms with Crippen molar-refractivity contribution in [2.45, 2.75) is 38.0 Å². The number of phenols is 1. The van der Waals surface area contributed by atoms with E-state index < -0.39 is 0 Å². The summed E-state index contributed by atoms with van der Waals surface area (Å²) in [6.07, 6.45) is 6.98. The van der Waals surface area contributed by atoms with Crippen molar-refractivity contribution in [1.82, 2.24) is 9.66 Å². The highest BCUT2D eigenvalue weighted by molar-refractivity contribution is 5.85. The van der Waals surface area contributed by atoms with E-state index in [1.54, 1.807) is 24.3 Å². The lowest BCUT2D eigenvalue weighted by Gasteiger charge is -2.22. The lowest BCUT2D eigenvalue weighted by atomic mass is 9.88. The van der Waals surface area contributed by atoms with Gasteiger partial charge in [-0.25, -0.2) is 4.98 Å². The van der Waals surface area contributed by atoms with Crippen molar-refractivity contribution in [2.75, 3.05) is 7.11 Å². The zero-order valence-corrected chi connectivity index (χ0v) is 15.8. The molecule has 0 atom stereocenters. The number of nitrogens with zero attached hydrogens (tertiary/aromatic N) is 3. The molecule has 0 unspecified atom stereocenters. The Morgan fingerprint density at radius 3 is 2.71 bits per heavy atom. The summed E-state index contributed by atoms with van der Waals surface area (Å²) in [6.45, 7) is 0. The normalized spacial score (nSPS) is 15.3. The largest absolute Gasteiger partial charge is 0.504 e. The number of hydrogen-bond donors (Lipinski definition) is 1. The smallest absolute Gasteiger partial charge is 0.282 e. The van der Waals surface area contributed by atoms with Crippen LogP contribution >= 0.6 is 0 Å². The van der Waals surface area contributed by atoms with Gasteiger partial charge in [0.2, 0.25) is 0 Å². The van der Waals surface area contributed by atoms with Crippen LogP contribution in [0.3, 0.4) is 0 Å². The van der Waals surface area contributed by atoms with E-state index in [9.17, 15) is 9.90 Å². The third-order valence-electron chi connectivity index (χ3n) is 5.31. The van der Waals surface area contributed by atoms with Gasteiger partial charge in [-0.2, -0.15) is 9.78 Å². The fourth-order valence-corrected chi connectivity index (χ4v) is 3.81. The molecule has 1 aromatic heterocycles. The Balaban J connectivity index is 1.85. The number of aromatic hydroxyl groups is 1. The molecule has 6 heteroatoms. The predicted octanol–water partition coefficient (Wildman–Crippen LogP) is 4.04. The quantitative estimate of drug-likeness (QED) is 0.696. The first-order chi connectivity index (χ1) is 13.7. The zero-order chi connectivity index (χ0) is 19.5. The monoisotopic (exact) mass is 377 g/mol. The van der Waals surface area contributed by atoms with Crippen molar-refractivity contribution in [3.8, 4) is 11.5 Å². The van der Waals surface area contributed by atoms with E-state index in [1.807, 2.05) is 18.2 Å². The number of para-hydroxylation sites is 2. The van der Waals surface area contributed by atoms with Crippen molar-refractivity contribution in [1.29, 1.82) is 0 Å². The zero-order valence-electron chi connectivity index (χ0n) is 15.8. The molecule has 0 radical (unpaired) electrons. The van der Waals surface area contributed by atoms with E-state index in [0.29, 0.717) is 28.0 Å². The minimum atomic E-state index is -0.190. The first-order valence-corrected chi connectivity index (χ1v) is 9.61. The Hall–Kier alpha value is -3.15. The van der Waals surface area contributed by atoms with Crippen LogP contribution in [0.2, 0.25) is 0 Å². The highest BCUT2D eigenvalue weighted by atomic mass is 16.5. The van der Waals surface area contributed by atoms with Gasteiger partial charge in [0, 0.05) is 11.5 Å². The fraction of sp³-hybridized carbons (Fsp3) is 0.318. The maximum atomic E-state index is 13.1. The number of rotatable bonds is 4. The van der Waals surface area contributed by atoms with Crippen LogP contribution in [0.25, 0.3) is 10.9 Å². The lowest BCUT2D eigenvalue weighted by molar-refractivity contribution is 0.373. The van der Waals surface area contributed by atoms with Gasteiger partial charge in [-0.3, -0.25) is 4.79 Å². The molecule has 0 aliphatic heterocycles. The number of phenolic OH excluding ortho intramolecular Hbond substituents is 1. The predicted molar refractivity (Wildman–Crippen MR) is 109 cm³/mol. The van der Waals surface area contributed by atoms with E-state index in [0.717, 1.165) is 25.7 Å². The molecule has 0 saturated heterocycles. The highest BCUT2D eigenvalue weighted by Gasteiger charge is 2.22. The molecular formula is C22H23N3O3. The molecule has 28 heavy (non-hydrogen) atoms. The van der Waals surface area contributed by atoms with E-state index in [-0.39, 0.29) is 17.2 Å². The van der Waals surface area contributed by atoms with Gasteiger partial charge in [-0.1, -0.05) is 37.5 Å². The molecule has 3 aromatic rings. The van der Waals surface area contributed by atoms with E-state index in [2.05, 4.69) is 5.10 Å². The van der Waals surface area contributed by atoms with E-state index in [1.165, 1.54) is 24.4 Å². The minimum Gasteiger partial charge on any atom is -0.504 e. The average molecular weight is 377 g/mol. The molecule has 0 amide bonds. The van der Waals surface area contributed by atoms with Crippen LogP contribution < -0.4 is 10.3 Å². The summed E-state index contributed by atoms with van der Waals surface area (Å²) in [7, 11) is 1.49. The summed E-state index contributed by atoms with van der Waals surface area (Å²) in [5.74, 6) is 1.26.